The third-order valence-corrected chi connectivity index (χ3v) is 4.75. The zero-order valence-corrected chi connectivity index (χ0v) is 15.0. The van der Waals surface area contributed by atoms with Crippen LogP contribution in [0.4, 0.5) is 0 Å². The molecule has 0 aliphatic carbocycles. The van der Waals surface area contributed by atoms with Crippen molar-refractivity contribution < 1.29 is 9.63 Å². The van der Waals surface area contributed by atoms with Crippen molar-refractivity contribution in [2.45, 2.75) is 58.6 Å². The van der Waals surface area contributed by atoms with E-state index in [1.165, 1.54) is 12.8 Å². The Labute approximate surface area is 139 Å². The Bertz CT molecular complexity index is 455. The average Bonchev–Trinajstić information content (AvgIpc) is 2.97. The van der Waals surface area contributed by atoms with E-state index in [2.05, 4.69) is 40.8 Å². The van der Waals surface area contributed by atoms with E-state index in [1.807, 2.05) is 6.92 Å². The highest BCUT2D eigenvalue weighted by Gasteiger charge is 2.25. The highest BCUT2D eigenvalue weighted by atomic mass is 16.5. The van der Waals surface area contributed by atoms with Crippen molar-refractivity contribution in [3.05, 3.63) is 11.7 Å². The Kier molecular flexibility index (Phi) is 6.99. The largest absolute Gasteiger partial charge is 0.392 e. The molecule has 1 aliphatic rings. The lowest BCUT2D eigenvalue weighted by Gasteiger charge is -2.35. The Balaban J connectivity index is 1.78. The molecule has 2 atom stereocenters. The van der Waals surface area contributed by atoms with Gasteiger partial charge in [0, 0.05) is 19.5 Å². The number of hydrogen-bond donors (Lipinski definition) is 1. The molecule has 6 nitrogen and oxygen atoms in total. The van der Waals surface area contributed by atoms with Crippen molar-refractivity contribution in [2.24, 2.45) is 5.92 Å². The topological polar surface area (TPSA) is 65.6 Å². The highest BCUT2D eigenvalue weighted by Crippen LogP contribution is 2.23. The molecule has 0 radical (unpaired) electrons. The van der Waals surface area contributed by atoms with E-state index in [-0.39, 0.29) is 12.1 Å². The third-order valence-electron chi connectivity index (χ3n) is 4.75. The number of nitrogens with zero attached hydrogens (tertiary/aromatic N) is 4. The van der Waals surface area contributed by atoms with Crippen LogP contribution in [0.1, 0.15) is 57.8 Å². The molecule has 2 heterocycles. The van der Waals surface area contributed by atoms with E-state index < -0.39 is 0 Å². The molecule has 6 heteroatoms. The molecular weight excluding hydrogens is 292 g/mol. The lowest BCUT2D eigenvalue weighted by molar-refractivity contribution is 0.0860. The predicted molar refractivity (Wildman–Crippen MR) is 90.2 cm³/mol. The fourth-order valence-electron chi connectivity index (χ4n) is 3.24. The first kappa shape index (κ1) is 18.4. The van der Waals surface area contributed by atoms with E-state index in [0.717, 1.165) is 50.7 Å². The predicted octanol–water partition coefficient (Wildman–Crippen LogP) is 2.11. The molecule has 2 rings (SSSR count). The number of likely N-dealkylation sites (tertiary alicyclic amines) is 1. The van der Waals surface area contributed by atoms with Crippen LogP contribution in [-0.2, 0) is 6.42 Å². The Morgan fingerprint density at radius 3 is 2.65 bits per heavy atom. The standard InChI is InChI=1S/C17H32N4O2/c1-5-6-16-18-17(23-19-16)14(3)20(4)12-15-7-9-21(10-8-15)11-13(2)22/h13-15,22H,5-12H2,1-4H3. The van der Waals surface area contributed by atoms with Gasteiger partial charge in [0.25, 0.3) is 0 Å². The minimum absolute atomic E-state index is 0.156. The van der Waals surface area contributed by atoms with Crippen LogP contribution in [0.15, 0.2) is 4.52 Å². The first-order chi connectivity index (χ1) is 11.0. The molecule has 1 aliphatic heterocycles. The average molecular weight is 324 g/mol. The monoisotopic (exact) mass is 324 g/mol. The van der Waals surface area contributed by atoms with Crippen LogP contribution >= 0.6 is 0 Å². The Morgan fingerprint density at radius 2 is 2.04 bits per heavy atom. The second-order valence-corrected chi connectivity index (χ2v) is 7.01. The van der Waals surface area contributed by atoms with Crippen LogP contribution in [0.3, 0.4) is 0 Å². The second kappa shape index (κ2) is 8.76. The number of hydrogen-bond acceptors (Lipinski definition) is 6. The Morgan fingerprint density at radius 1 is 1.35 bits per heavy atom. The van der Waals surface area contributed by atoms with Gasteiger partial charge in [0.2, 0.25) is 5.89 Å². The zero-order valence-electron chi connectivity index (χ0n) is 15.0. The molecule has 0 saturated carbocycles. The van der Waals surface area contributed by atoms with Gasteiger partial charge in [-0.2, -0.15) is 4.98 Å². The van der Waals surface area contributed by atoms with Crippen LogP contribution in [0.25, 0.3) is 0 Å². The van der Waals surface area contributed by atoms with Crippen molar-refractivity contribution in [1.82, 2.24) is 19.9 Å². The van der Waals surface area contributed by atoms with Crippen LogP contribution < -0.4 is 0 Å². The number of aromatic nitrogens is 2. The smallest absolute Gasteiger partial charge is 0.243 e. The number of β-amino-alcohol motifs (C(OH)–C–C–N with tert-alkyl or cyclic N) is 1. The molecule has 0 amide bonds. The first-order valence-corrected chi connectivity index (χ1v) is 8.92. The minimum atomic E-state index is -0.232. The van der Waals surface area contributed by atoms with Crippen molar-refractivity contribution in [2.75, 3.05) is 33.2 Å². The number of aliphatic hydroxyl groups is 1. The molecule has 1 aromatic heterocycles. The molecular formula is C17H32N4O2. The summed E-state index contributed by atoms with van der Waals surface area (Å²) in [5.41, 5.74) is 0. The van der Waals surface area contributed by atoms with Gasteiger partial charge in [-0.3, -0.25) is 4.90 Å². The van der Waals surface area contributed by atoms with Gasteiger partial charge < -0.3 is 14.5 Å². The number of rotatable bonds is 8. The molecule has 0 bridgehead atoms. The quantitative estimate of drug-likeness (QED) is 0.790. The maximum Gasteiger partial charge on any atom is 0.243 e. The summed E-state index contributed by atoms with van der Waals surface area (Å²) in [6.07, 6.45) is 4.06. The number of aliphatic hydroxyl groups excluding tert-OH is 1. The fraction of sp³-hybridized carbons (Fsp3) is 0.882. The number of aryl methyl sites for hydroxylation is 1. The molecule has 1 N–H and O–H groups in total. The van der Waals surface area contributed by atoms with E-state index in [0.29, 0.717) is 5.92 Å². The molecule has 2 unspecified atom stereocenters. The second-order valence-electron chi connectivity index (χ2n) is 7.01. The van der Waals surface area contributed by atoms with Gasteiger partial charge in [-0.1, -0.05) is 12.1 Å². The summed E-state index contributed by atoms with van der Waals surface area (Å²) in [6.45, 7) is 10.1. The molecule has 0 spiro atoms. The molecule has 0 aromatic carbocycles. The van der Waals surface area contributed by atoms with Crippen molar-refractivity contribution >= 4 is 0 Å². The lowest BCUT2D eigenvalue weighted by Crippen LogP contribution is -2.41. The van der Waals surface area contributed by atoms with E-state index in [1.54, 1.807) is 0 Å². The van der Waals surface area contributed by atoms with Crippen molar-refractivity contribution in [3.8, 4) is 0 Å². The van der Waals surface area contributed by atoms with Gasteiger partial charge in [-0.25, -0.2) is 0 Å². The summed E-state index contributed by atoms with van der Waals surface area (Å²) in [5.74, 6) is 2.24. The van der Waals surface area contributed by atoms with Crippen molar-refractivity contribution in [1.29, 1.82) is 0 Å². The molecule has 1 fully saturated rings. The summed E-state index contributed by atoms with van der Waals surface area (Å²) < 4.78 is 5.41. The van der Waals surface area contributed by atoms with Gasteiger partial charge >= 0.3 is 0 Å². The van der Waals surface area contributed by atoms with Gasteiger partial charge in [0.15, 0.2) is 5.82 Å². The van der Waals surface area contributed by atoms with E-state index >= 15 is 0 Å². The summed E-state index contributed by atoms with van der Waals surface area (Å²) in [5, 5.41) is 13.5. The fourth-order valence-corrected chi connectivity index (χ4v) is 3.24. The van der Waals surface area contributed by atoms with Gasteiger partial charge in [0.05, 0.1) is 12.1 Å². The normalized spacial score (nSPS) is 20.1. The molecule has 132 valence electrons. The van der Waals surface area contributed by atoms with Gasteiger partial charge in [-0.15, -0.1) is 0 Å². The van der Waals surface area contributed by atoms with Crippen LogP contribution in [0.2, 0.25) is 0 Å². The third kappa shape index (κ3) is 5.55. The van der Waals surface area contributed by atoms with Crippen LogP contribution in [0, 0.1) is 5.92 Å². The maximum absolute atomic E-state index is 9.48. The molecule has 1 aromatic rings. The summed E-state index contributed by atoms with van der Waals surface area (Å²) in [7, 11) is 2.14. The van der Waals surface area contributed by atoms with E-state index in [4.69, 9.17) is 4.52 Å². The van der Waals surface area contributed by atoms with E-state index in [9.17, 15) is 5.11 Å². The van der Waals surface area contributed by atoms with Crippen LogP contribution in [0.5, 0.6) is 0 Å². The highest BCUT2D eigenvalue weighted by molar-refractivity contribution is 4.92. The SMILES string of the molecule is CCCc1noc(C(C)N(C)CC2CCN(CC(C)O)CC2)n1. The Hall–Kier alpha value is -0.980. The summed E-state index contributed by atoms with van der Waals surface area (Å²) >= 11 is 0. The molecule has 1 saturated heterocycles. The lowest BCUT2D eigenvalue weighted by atomic mass is 9.95. The maximum atomic E-state index is 9.48. The van der Waals surface area contributed by atoms with Gasteiger partial charge in [0.1, 0.15) is 0 Å². The summed E-state index contributed by atoms with van der Waals surface area (Å²) in [4.78, 5) is 9.18. The first-order valence-electron chi connectivity index (χ1n) is 8.92. The van der Waals surface area contributed by atoms with Gasteiger partial charge in [-0.05, 0) is 59.2 Å². The van der Waals surface area contributed by atoms with Crippen LogP contribution in [-0.4, -0.2) is 64.4 Å². The van der Waals surface area contributed by atoms with Crippen molar-refractivity contribution in [3.63, 3.8) is 0 Å². The summed E-state index contributed by atoms with van der Waals surface area (Å²) in [6, 6.07) is 0.156. The molecule has 23 heavy (non-hydrogen) atoms. The minimum Gasteiger partial charge on any atom is -0.392 e. The number of piperidine rings is 1. The zero-order chi connectivity index (χ0) is 16.8.